The largest absolute Gasteiger partial charge is 0.362 e. The molecule has 0 bridgehead atoms. The molecule has 0 fully saturated rings. The van der Waals surface area contributed by atoms with Crippen molar-refractivity contribution >= 4 is 17.3 Å². The lowest BCUT2D eigenvalue weighted by molar-refractivity contribution is 0.813. The lowest BCUT2D eigenvalue weighted by Gasteiger charge is -2.08. The van der Waals surface area contributed by atoms with Crippen LogP contribution in [0, 0.1) is 11.3 Å². The van der Waals surface area contributed by atoms with E-state index in [1.165, 1.54) is 5.56 Å². The molecule has 0 radical (unpaired) electrons. The average molecular weight is 233 g/mol. The molecular weight excluding hydrogens is 218 g/mol. The molecule has 1 aromatic rings. The van der Waals surface area contributed by atoms with Crippen LogP contribution in [0.25, 0.3) is 0 Å². The van der Waals surface area contributed by atoms with Gasteiger partial charge in [0.25, 0.3) is 0 Å². The van der Waals surface area contributed by atoms with E-state index in [4.69, 9.17) is 17.5 Å². The molecule has 1 rings (SSSR count). The Hall–Kier alpha value is -1.60. The van der Waals surface area contributed by atoms with Gasteiger partial charge in [-0.25, -0.2) is 0 Å². The third-order valence-electron chi connectivity index (χ3n) is 2.06. The quantitative estimate of drug-likeness (QED) is 0.599. The van der Waals surface area contributed by atoms with Crippen molar-refractivity contribution in [2.75, 3.05) is 13.1 Å². The topological polar surface area (TPSA) is 47.9 Å². The second-order valence-corrected chi connectivity index (χ2v) is 3.73. The van der Waals surface area contributed by atoms with Gasteiger partial charge in [0.15, 0.2) is 5.11 Å². The predicted octanol–water partition coefficient (Wildman–Crippen LogP) is 1.61. The van der Waals surface area contributed by atoms with Crippen LogP contribution >= 0.6 is 12.2 Å². The molecule has 16 heavy (non-hydrogen) atoms. The summed E-state index contributed by atoms with van der Waals surface area (Å²) in [7, 11) is 0. The third-order valence-corrected chi connectivity index (χ3v) is 2.35. The summed E-state index contributed by atoms with van der Waals surface area (Å²) in [6, 6.07) is 12.3. The Labute approximate surface area is 101 Å². The van der Waals surface area contributed by atoms with Crippen molar-refractivity contribution in [2.24, 2.45) is 0 Å². The zero-order chi connectivity index (χ0) is 11.6. The summed E-state index contributed by atoms with van der Waals surface area (Å²) in [5, 5.41) is 15.0. The minimum atomic E-state index is 0.473. The van der Waals surface area contributed by atoms with Gasteiger partial charge in [-0.05, 0) is 24.2 Å². The van der Waals surface area contributed by atoms with Gasteiger partial charge in [-0.1, -0.05) is 30.3 Å². The summed E-state index contributed by atoms with van der Waals surface area (Å²) in [6.07, 6.45) is 1.42. The van der Waals surface area contributed by atoms with Crippen molar-refractivity contribution in [3.63, 3.8) is 0 Å². The van der Waals surface area contributed by atoms with Crippen molar-refractivity contribution in [2.45, 2.75) is 12.8 Å². The Kier molecular flexibility index (Phi) is 5.97. The molecule has 0 aliphatic rings. The van der Waals surface area contributed by atoms with Gasteiger partial charge in [0, 0.05) is 13.1 Å². The summed E-state index contributed by atoms with van der Waals surface area (Å²) in [5.41, 5.74) is 1.29. The molecule has 0 spiro atoms. The van der Waals surface area contributed by atoms with Gasteiger partial charge in [0.2, 0.25) is 0 Å². The molecular formula is C12H15N3S. The van der Waals surface area contributed by atoms with Crippen LogP contribution in [0.15, 0.2) is 30.3 Å². The Morgan fingerprint density at radius 3 is 2.56 bits per heavy atom. The highest BCUT2D eigenvalue weighted by Gasteiger charge is 1.94. The zero-order valence-electron chi connectivity index (χ0n) is 9.07. The van der Waals surface area contributed by atoms with Crippen LogP contribution < -0.4 is 10.6 Å². The molecule has 4 heteroatoms. The van der Waals surface area contributed by atoms with Crippen LogP contribution in [-0.4, -0.2) is 18.2 Å². The van der Waals surface area contributed by atoms with Crippen LogP contribution in [0.3, 0.4) is 0 Å². The molecule has 2 N–H and O–H groups in total. The van der Waals surface area contributed by atoms with Gasteiger partial charge in [0.1, 0.15) is 0 Å². The first kappa shape index (κ1) is 12.5. The normalized spacial score (nSPS) is 9.19. The molecule has 0 unspecified atom stereocenters. The summed E-state index contributed by atoms with van der Waals surface area (Å²) in [6.45, 7) is 1.41. The van der Waals surface area contributed by atoms with Crippen LogP contribution in [0.1, 0.15) is 12.0 Å². The fourth-order valence-electron chi connectivity index (χ4n) is 1.26. The first-order chi connectivity index (χ1) is 7.83. The fourth-order valence-corrected chi connectivity index (χ4v) is 1.46. The van der Waals surface area contributed by atoms with Gasteiger partial charge in [-0.2, -0.15) is 5.26 Å². The van der Waals surface area contributed by atoms with Crippen molar-refractivity contribution in [1.29, 1.82) is 5.26 Å². The highest BCUT2D eigenvalue weighted by atomic mass is 32.1. The number of hydrogen-bond acceptors (Lipinski definition) is 2. The van der Waals surface area contributed by atoms with Crippen molar-refractivity contribution < 1.29 is 0 Å². The fraction of sp³-hybridized carbons (Fsp3) is 0.333. The van der Waals surface area contributed by atoms with E-state index >= 15 is 0 Å². The van der Waals surface area contributed by atoms with Gasteiger partial charge >= 0.3 is 0 Å². The second-order valence-electron chi connectivity index (χ2n) is 3.33. The van der Waals surface area contributed by atoms with E-state index in [2.05, 4.69) is 28.8 Å². The Morgan fingerprint density at radius 1 is 1.19 bits per heavy atom. The van der Waals surface area contributed by atoms with Crippen LogP contribution in [0.4, 0.5) is 0 Å². The van der Waals surface area contributed by atoms with Gasteiger partial charge in [0.05, 0.1) is 12.5 Å². The van der Waals surface area contributed by atoms with E-state index in [9.17, 15) is 0 Å². The first-order valence-corrected chi connectivity index (χ1v) is 5.66. The number of nitrogens with zero attached hydrogens (tertiary/aromatic N) is 1. The maximum absolute atomic E-state index is 8.35. The number of nitriles is 1. The maximum Gasteiger partial charge on any atom is 0.166 e. The highest BCUT2D eigenvalue weighted by Crippen LogP contribution is 1.97. The van der Waals surface area contributed by atoms with Crippen LogP contribution in [0.2, 0.25) is 0 Å². The van der Waals surface area contributed by atoms with Crippen molar-refractivity contribution in [3.8, 4) is 6.07 Å². The van der Waals surface area contributed by atoms with E-state index < -0.39 is 0 Å². The van der Waals surface area contributed by atoms with Gasteiger partial charge in [-0.15, -0.1) is 0 Å². The zero-order valence-corrected chi connectivity index (χ0v) is 9.89. The molecule has 0 amide bonds. The Balaban J connectivity index is 2.12. The first-order valence-electron chi connectivity index (χ1n) is 5.25. The lowest BCUT2D eigenvalue weighted by atomic mass is 10.1. The average Bonchev–Trinajstić information content (AvgIpc) is 2.31. The number of hydrogen-bond donors (Lipinski definition) is 2. The monoisotopic (exact) mass is 233 g/mol. The SMILES string of the molecule is N#CCCNC(=S)NCCc1ccccc1. The minimum Gasteiger partial charge on any atom is -0.362 e. The highest BCUT2D eigenvalue weighted by molar-refractivity contribution is 7.80. The molecule has 0 aliphatic heterocycles. The smallest absolute Gasteiger partial charge is 0.166 e. The van der Waals surface area contributed by atoms with Gasteiger partial charge < -0.3 is 10.6 Å². The molecule has 0 saturated carbocycles. The minimum absolute atomic E-state index is 0.473. The predicted molar refractivity (Wildman–Crippen MR) is 69.0 cm³/mol. The molecule has 0 aliphatic carbocycles. The van der Waals surface area contributed by atoms with Crippen molar-refractivity contribution in [1.82, 2.24) is 10.6 Å². The number of rotatable bonds is 5. The molecule has 1 aromatic carbocycles. The molecule has 84 valence electrons. The molecule has 0 aromatic heterocycles. The summed E-state index contributed by atoms with van der Waals surface area (Å²) in [4.78, 5) is 0. The molecule has 0 saturated heterocycles. The number of thiocarbonyl (C=S) groups is 1. The maximum atomic E-state index is 8.35. The van der Waals surface area contributed by atoms with E-state index in [0.29, 0.717) is 18.1 Å². The Morgan fingerprint density at radius 2 is 1.88 bits per heavy atom. The summed E-state index contributed by atoms with van der Waals surface area (Å²) >= 11 is 5.05. The molecule has 0 atom stereocenters. The van der Waals surface area contributed by atoms with E-state index in [1.54, 1.807) is 0 Å². The molecule has 3 nitrogen and oxygen atoms in total. The van der Waals surface area contributed by atoms with E-state index in [1.807, 2.05) is 18.2 Å². The van der Waals surface area contributed by atoms with Gasteiger partial charge in [-0.3, -0.25) is 0 Å². The van der Waals surface area contributed by atoms with Crippen molar-refractivity contribution in [3.05, 3.63) is 35.9 Å². The van der Waals surface area contributed by atoms with Crippen LogP contribution in [0.5, 0.6) is 0 Å². The second kappa shape index (κ2) is 7.66. The van der Waals surface area contributed by atoms with Crippen LogP contribution in [-0.2, 0) is 6.42 Å². The number of nitrogens with one attached hydrogen (secondary N) is 2. The third kappa shape index (κ3) is 5.32. The standard InChI is InChI=1S/C12H15N3S/c13-8-4-9-14-12(16)15-10-7-11-5-2-1-3-6-11/h1-3,5-6H,4,7,9-10H2,(H2,14,15,16). The Bertz CT molecular complexity index is 356. The summed E-state index contributed by atoms with van der Waals surface area (Å²) in [5.74, 6) is 0. The lowest BCUT2D eigenvalue weighted by Crippen LogP contribution is -2.36. The van der Waals surface area contributed by atoms with E-state index in [0.717, 1.165) is 13.0 Å². The molecule has 0 heterocycles. The summed E-state index contributed by atoms with van der Waals surface area (Å²) < 4.78 is 0. The van der Waals surface area contributed by atoms with E-state index in [-0.39, 0.29) is 0 Å². The number of benzene rings is 1.